The fourth-order valence-electron chi connectivity index (χ4n) is 1.32. The van der Waals surface area contributed by atoms with Gasteiger partial charge in [0.05, 0.1) is 13.1 Å². The molecule has 68 valence electrons. The summed E-state index contributed by atoms with van der Waals surface area (Å²) >= 11 is 0. The summed E-state index contributed by atoms with van der Waals surface area (Å²) in [6.45, 7) is 6.10. The molecular weight excluding hydrogens is 156 g/mol. The number of nitrogens with one attached hydrogen (secondary N) is 1. The monoisotopic (exact) mass is 170 g/mol. The first-order valence-corrected chi connectivity index (χ1v) is 3.99. The predicted molar refractivity (Wildman–Crippen MR) is 44.5 cm³/mol. The smallest absolute Gasteiger partial charge is 0.243 e. The summed E-state index contributed by atoms with van der Waals surface area (Å²) in [5.74, 6) is -0.280. The number of amides is 2. The van der Waals surface area contributed by atoms with Crippen LogP contribution >= 0.6 is 0 Å². The van der Waals surface area contributed by atoms with Crippen molar-refractivity contribution in [1.29, 1.82) is 0 Å². The maximum absolute atomic E-state index is 11.3. The van der Waals surface area contributed by atoms with Crippen LogP contribution in [0.15, 0.2) is 0 Å². The summed E-state index contributed by atoms with van der Waals surface area (Å²) in [5.41, 5.74) is -0.393. The molecule has 0 spiro atoms. The molecule has 0 radical (unpaired) electrons. The molecule has 4 heteroatoms. The van der Waals surface area contributed by atoms with Crippen LogP contribution in [-0.4, -0.2) is 35.3 Å². The van der Waals surface area contributed by atoms with Crippen LogP contribution < -0.4 is 5.32 Å². The van der Waals surface area contributed by atoms with Crippen molar-refractivity contribution in [3.63, 3.8) is 0 Å². The molecule has 1 saturated heterocycles. The van der Waals surface area contributed by atoms with E-state index in [-0.39, 0.29) is 24.9 Å². The van der Waals surface area contributed by atoms with Gasteiger partial charge in [0, 0.05) is 5.54 Å². The number of piperazine rings is 1. The Kier molecular flexibility index (Phi) is 2.19. The highest BCUT2D eigenvalue weighted by Gasteiger charge is 2.34. The van der Waals surface area contributed by atoms with Crippen LogP contribution in [0.4, 0.5) is 0 Å². The van der Waals surface area contributed by atoms with E-state index in [9.17, 15) is 9.59 Å². The summed E-state index contributed by atoms with van der Waals surface area (Å²) in [5, 5.41) is 2.75. The van der Waals surface area contributed by atoms with Gasteiger partial charge in [-0.05, 0) is 20.8 Å². The second-order valence-corrected chi connectivity index (χ2v) is 3.90. The number of rotatable bonds is 0. The van der Waals surface area contributed by atoms with Crippen molar-refractivity contribution in [1.82, 2.24) is 10.2 Å². The Morgan fingerprint density at radius 2 is 1.58 bits per heavy atom. The highest BCUT2D eigenvalue weighted by molar-refractivity contribution is 6.00. The predicted octanol–water partition coefficient (Wildman–Crippen LogP) is -0.257. The normalized spacial score (nSPS) is 20.1. The molecule has 1 aliphatic heterocycles. The SMILES string of the molecule is CC(C)(C)N1C(=O)CNCC1=O. The lowest BCUT2D eigenvalue weighted by Gasteiger charge is -2.36. The second kappa shape index (κ2) is 2.86. The zero-order chi connectivity index (χ0) is 9.35. The Labute approximate surface area is 71.9 Å². The number of imide groups is 1. The third-order valence-corrected chi connectivity index (χ3v) is 1.72. The lowest BCUT2D eigenvalue weighted by molar-refractivity contribution is -0.152. The quantitative estimate of drug-likeness (QED) is 0.510. The first-order chi connectivity index (χ1) is 5.43. The highest BCUT2D eigenvalue weighted by atomic mass is 16.2. The molecule has 0 aromatic rings. The molecular formula is C8H14N2O2. The minimum Gasteiger partial charge on any atom is -0.300 e. The van der Waals surface area contributed by atoms with E-state index in [1.807, 2.05) is 20.8 Å². The van der Waals surface area contributed by atoms with Crippen molar-refractivity contribution < 1.29 is 9.59 Å². The van der Waals surface area contributed by atoms with E-state index in [2.05, 4.69) is 5.32 Å². The average molecular weight is 170 g/mol. The van der Waals surface area contributed by atoms with E-state index < -0.39 is 5.54 Å². The Morgan fingerprint density at radius 3 is 1.83 bits per heavy atom. The molecule has 0 aromatic heterocycles. The number of nitrogens with zero attached hydrogens (tertiary/aromatic N) is 1. The van der Waals surface area contributed by atoms with Gasteiger partial charge in [-0.1, -0.05) is 0 Å². The lowest BCUT2D eigenvalue weighted by Crippen LogP contribution is -2.59. The van der Waals surface area contributed by atoms with Gasteiger partial charge in [-0.15, -0.1) is 0 Å². The molecule has 2 amide bonds. The van der Waals surface area contributed by atoms with Crippen LogP contribution in [-0.2, 0) is 9.59 Å². The molecule has 0 atom stereocenters. The van der Waals surface area contributed by atoms with Crippen molar-refractivity contribution >= 4 is 11.8 Å². The maximum atomic E-state index is 11.3. The van der Waals surface area contributed by atoms with Gasteiger partial charge in [-0.2, -0.15) is 0 Å². The standard InChI is InChI=1S/C8H14N2O2/c1-8(2,3)10-6(11)4-9-5-7(10)12/h9H,4-5H2,1-3H3. The molecule has 0 saturated carbocycles. The fourth-order valence-corrected chi connectivity index (χ4v) is 1.32. The molecule has 0 unspecified atom stereocenters. The summed E-state index contributed by atoms with van der Waals surface area (Å²) in [7, 11) is 0. The minimum absolute atomic E-state index is 0.140. The topological polar surface area (TPSA) is 49.4 Å². The Bertz CT molecular complexity index is 202. The van der Waals surface area contributed by atoms with E-state index in [1.54, 1.807) is 0 Å². The largest absolute Gasteiger partial charge is 0.300 e. The van der Waals surface area contributed by atoms with Gasteiger partial charge in [0.2, 0.25) is 11.8 Å². The van der Waals surface area contributed by atoms with Gasteiger partial charge < -0.3 is 0 Å². The molecule has 12 heavy (non-hydrogen) atoms. The summed E-state index contributed by atoms with van der Waals surface area (Å²) in [6, 6.07) is 0. The molecule has 1 fully saturated rings. The van der Waals surface area contributed by atoms with Gasteiger partial charge in [0.25, 0.3) is 0 Å². The minimum atomic E-state index is -0.393. The molecule has 1 rings (SSSR count). The third-order valence-electron chi connectivity index (χ3n) is 1.72. The Balaban J connectivity index is 2.84. The van der Waals surface area contributed by atoms with Crippen molar-refractivity contribution in [2.75, 3.05) is 13.1 Å². The molecule has 4 nitrogen and oxygen atoms in total. The summed E-state index contributed by atoms with van der Waals surface area (Å²) in [4.78, 5) is 23.9. The van der Waals surface area contributed by atoms with Crippen LogP contribution in [0.5, 0.6) is 0 Å². The number of hydrogen-bond acceptors (Lipinski definition) is 3. The Hall–Kier alpha value is -0.900. The highest BCUT2D eigenvalue weighted by Crippen LogP contribution is 2.14. The molecule has 1 aliphatic rings. The summed E-state index contributed by atoms with van der Waals surface area (Å²) < 4.78 is 0. The van der Waals surface area contributed by atoms with E-state index in [4.69, 9.17) is 0 Å². The first kappa shape index (κ1) is 9.19. The van der Waals surface area contributed by atoms with Gasteiger partial charge in [0.15, 0.2) is 0 Å². The van der Waals surface area contributed by atoms with Crippen LogP contribution in [0.1, 0.15) is 20.8 Å². The number of hydrogen-bond donors (Lipinski definition) is 1. The summed E-state index contributed by atoms with van der Waals surface area (Å²) in [6.07, 6.45) is 0. The third kappa shape index (κ3) is 1.64. The van der Waals surface area contributed by atoms with Gasteiger partial charge >= 0.3 is 0 Å². The zero-order valence-corrected chi connectivity index (χ0v) is 7.68. The number of carbonyl (C=O) groups is 2. The van der Waals surface area contributed by atoms with Crippen LogP contribution in [0.3, 0.4) is 0 Å². The average Bonchev–Trinajstić information content (AvgIpc) is 1.82. The van der Waals surface area contributed by atoms with Crippen LogP contribution in [0.25, 0.3) is 0 Å². The van der Waals surface area contributed by atoms with Gasteiger partial charge in [-0.25, -0.2) is 0 Å². The molecule has 1 heterocycles. The van der Waals surface area contributed by atoms with Crippen molar-refractivity contribution in [3.8, 4) is 0 Å². The fraction of sp³-hybridized carbons (Fsp3) is 0.750. The molecule has 0 aliphatic carbocycles. The second-order valence-electron chi connectivity index (χ2n) is 3.90. The zero-order valence-electron chi connectivity index (χ0n) is 7.68. The van der Waals surface area contributed by atoms with E-state index in [0.29, 0.717) is 0 Å². The van der Waals surface area contributed by atoms with Gasteiger partial charge in [0.1, 0.15) is 0 Å². The van der Waals surface area contributed by atoms with Crippen LogP contribution in [0, 0.1) is 0 Å². The van der Waals surface area contributed by atoms with Crippen LogP contribution in [0.2, 0.25) is 0 Å². The molecule has 0 aromatic carbocycles. The number of carbonyl (C=O) groups excluding carboxylic acids is 2. The maximum Gasteiger partial charge on any atom is 0.243 e. The van der Waals surface area contributed by atoms with E-state index in [0.717, 1.165) is 0 Å². The van der Waals surface area contributed by atoms with E-state index in [1.165, 1.54) is 4.90 Å². The molecule has 1 N–H and O–H groups in total. The lowest BCUT2D eigenvalue weighted by atomic mass is 10.0. The van der Waals surface area contributed by atoms with Gasteiger partial charge in [-0.3, -0.25) is 19.8 Å². The van der Waals surface area contributed by atoms with Crippen molar-refractivity contribution in [2.45, 2.75) is 26.3 Å². The first-order valence-electron chi connectivity index (χ1n) is 3.99. The van der Waals surface area contributed by atoms with Crippen molar-refractivity contribution in [2.24, 2.45) is 0 Å². The Morgan fingerprint density at radius 1 is 1.17 bits per heavy atom. The van der Waals surface area contributed by atoms with E-state index >= 15 is 0 Å². The van der Waals surface area contributed by atoms with Crippen molar-refractivity contribution in [3.05, 3.63) is 0 Å². The molecule has 0 bridgehead atoms.